The summed E-state index contributed by atoms with van der Waals surface area (Å²) in [6.07, 6.45) is 0.0632. The zero-order valence-electron chi connectivity index (χ0n) is 20.9. The molecule has 11 heteroatoms. The lowest BCUT2D eigenvalue weighted by Gasteiger charge is -2.49. The molecule has 0 aliphatic carbocycles. The quantitative estimate of drug-likeness (QED) is 0.429. The number of rotatable bonds is 10. The molecule has 0 saturated carbocycles. The number of sulfonamides is 1. The third kappa shape index (κ3) is 5.87. The molecule has 1 aromatic rings. The monoisotopic (exact) mass is 534 g/mol. The summed E-state index contributed by atoms with van der Waals surface area (Å²) < 4.78 is 29.4. The van der Waals surface area contributed by atoms with Crippen LogP contribution in [0.3, 0.4) is 0 Å². The number of nitrogens with zero attached hydrogens (tertiary/aromatic N) is 4. The van der Waals surface area contributed by atoms with Crippen molar-refractivity contribution in [3.8, 4) is 0 Å². The molecule has 34 heavy (non-hydrogen) atoms. The maximum Gasteiger partial charge on any atom is 0.246 e. The van der Waals surface area contributed by atoms with Crippen molar-refractivity contribution in [3.05, 3.63) is 28.2 Å². The number of carbonyl (C=O) groups is 2. The molecular formula is C23H36Cl2N4O4S. The van der Waals surface area contributed by atoms with Crippen LogP contribution in [0.5, 0.6) is 0 Å². The van der Waals surface area contributed by atoms with E-state index in [0.29, 0.717) is 17.9 Å². The van der Waals surface area contributed by atoms with Crippen molar-refractivity contribution in [2.24, 2.45) is 0 Å². The second-order valence-corrected chi connectivity index (χ2v) is 12.0. The van der Waals surface area contributed by atoms with Gasteiger partial charge in [-0.3, -0.25) is 14.5 Å². The first-order valence-corrected chi connectivity index (χ1v) is 13.7. The second-order valence-electron chi connectivity index (χ2n) is 9.30. The number of piperazine rings is 1. The van der Waals surface area contributed by atoms with Crippen LogP contribution in [0.15, 0.2) is 23.1 Å². The molecule has 1 aliphatic heterocycles. The van der Waals surface area contributed by atoms with Gasteiger partial charge in [-0.1, -0.05) is 30.1 Å². The maximum atomic E-state index is 14.0. The SMILES string of the molecule is CCC1C(=O)N(C(C)C)CC(N(CC(C)N(C)C(C)C)S(=O)(=O)c2ccc(Cl)cc2Cl)N1C=O. The Kier molecular flexibility index (Phi) is 9.81. The lowest BCUT2D eigenvalue weighted by molar-refractivity contribution is -0.157. The predicted octanol–water partition coefficient (Wildman–Crippen LogP) is 3.53. The van der Waals surface area contributed by atoms with Crippen LogP contribution >= 0.6 is 23.2 Å². The van der Waals surface area contributed by atoms with Crippen LogP contribution in [-0.2, 0) is 19.6 Å². The molecule has 3 unspecified atom stereocenters. The molecule has 0 N–H and O–H groups in total. The molecule has 0 bridgehead atoms. The van der Waals surface area contributed by atoms with Gasteiger partial charge < -0.3 is 9.80 Å². The summed E-state index contributed by atoms with van der Waals surface area (Å²) in [6, 6.07) is 3.31. The molecule has 0 aromatic heterocycles. The summed E-state index contributed by atoms with van der Waals surface area (Å²) in [5.74, 6) is -0.185. The fraction of sp³-hybridized carbons (Fsp3) is 0.652. The normalized spacial score (nSPS) is 20.7. The van der Waals surface area contributed by atoms with Crippen molar-refractivity contribution in [2.75, 3.05) is 20.1 Å². The van der Waals surface area contributed by atoms with Gasteiger partial charge in [0, 0.05) is 29.7 Å². The average Bonchev–Trinajstić information content (AvgIpc) is 2.75. The number of halogens is 2. The van der Waals surface area contributed by atoms with Gasteiger partial charge in [-0.05, 0) is 66.3 Å². The Morgan fingerprint density at radius 3 is 2.26 bits per heavy atom. The van der Waals surface area contributed by atoms with Gasteiger partial charge in [0.1, 0.15) is 17.1 Å². The Morgan fingerprint density at radius 1 is 1.18 bits per heavy atom. The highest BCUT2D eigenvalue weighted by atomic mass is 35.5. The van der Waals surface area contributed by atoms with Gasteiger partial charge in [-0.25, -0.2) is 8.42 Å². The van der Waals surface area contributed by atoms with Crippen LogP contribution < -0.4 is 0 Å². The van der Waals surface area contributed by atoms with E-state index in [1.807, 2.05) is 48.6 Å². The second kappa shape index (κ2) is 11.6. The number of benzene rings is 1. The molecule has 192 valence electrons. The van der Waals surface area contributed by atoms with E-state index < -0.39 is 22.2 Å². The first kappa shape index (κ1) is 28.8. The Morgan fingerprint density at radius 2 is 1.79 bits per heavy atom. The van der Waals surface area contributed by atoms with Crippen LogP contribution in [0.1, 0.15) is 48.0 Å². The summed E-state index contributed by atoms with van der Waals surface area (Å²) in [5, 5.41) is 0.317. The molecular weight excluding hydrogens is 499 g/mol. The van der Waals surface area contributed by atoms with Gasteiger partial charge in [-0.2, -0.15) is 4.31 Å². The van der Waals surface area contributed by atoms with Crippen LogP contribution in [-0.4, -0.2) is 90.2 Å². The van der Waals surface area contributed by atoms with E-state index in [1.165, 1.54) is 27.4 Å². The van der Waals surface area contributed by atoms with Crippen LogP contribution in [0.2, 0.25) is 10.0 Å². The van der Waals surface area contributed by atoms with Crippen molar-refractivity contribution in [2.45, 2.75) is 83.2 Å². The van der Waals surface area contributed by atoms with Gasteiger partial charge in [0.15, 0.2) is 0 Å². The van der Waals surface area contributed by atoms with E-state index in [9.17, 15) is 18.0 Å². The van der Waals surface area contributed by atoms with E-state index in [2.05, 4.69) is 4.90 Å². The van der Waals surface area contributed by atoms with Gasteiger partial charge in [0.2, 0.25) is 22.3 Å². The zero-order valence-corrected chi connectivity index (χ0v) is 23.2. The largest absolute Gasteiger partial charge is 0.335 e. The van der Waals surface area contributed by atoms with Crippen LogP contribution in [0.25, 0.3) is 0 Å². The lowest BCUT2D eigenvalue weighted by atomic mass is 10.1. The minimum Gasteiger partial charge on any atom is -0.335 e. The molecule has 3 atom stereocenters. The van der Waals surface area contributed by atoms with E-state index >= 15 is 0 Å². The number of hydrogen-bond donors (Lipinski definition) is 0. The lowest BCUT2D eigenvalue weighted by Crippen LogP contribution is -2.68. The topological polar surface area (TPSA) is 81.2 Å². The first-order chi connectivity index (χ1) is 15.8. The third-order valence-corrected chi connectivity index (χ3v) is 9.11. The number of carbonyl (C=O) groups excluding carboxylic acids is 2. The van der Waals surface area contributed by atoms with Crippen LogP contribution in [0.4, 0.5) is 0 Å². The predicted molar refractivity (Wildman–Crippen MR) is 135 cm³/mol. The Labute approximate surface area is 213 Å². The van der Waals surface area contributed by atoms with Crippen molar-refractivity contribution in [1.29, 1.82) is 0 Å². The first-order valence-electron chi connectivity index (χ1n) is 11.5. The maximum absolute atomic E-state index is 14.0. The van der Waals surface area contributed by atoms with E-state index in [1.54, 1.807) is 4.90 Å². The van der Waals surface area contributed by atoms with E-state index in [-0.39, 0.29) is 47.0 Å². The zero-order chi connectivity index (χ0) is 26.0. The number of amides is 2. The van der Waals surface area contributed by atoms with E-state index in [4.69, 9.17) is 23.2 Å². The molecule has 2 rings (SSSR count). The molecule has 8 nitrogen and oxygen atoms in total. The molecule has 1 fully saturated rings. The molecule has 2 amide bonds. The Balaban J connectivity index is 2.67. The van der Waals surface area contributed by atoms with Gasteiger partial charge >= 0.3 is 0 Å². The van der Waals surface area contributed by atoms with Crippen LogP contribution in [0, 0.1) is 0 Å². The third-order valence-electron chi connectivity index (χ3n) is 6.53. The van der Waals surface area contributed by atoms with Gasteiger partial charge in [0.25, 0.3) is 0 Å². The van der Waals surface area contributed by atoms with Crippen molar-refractivity contribution in [1.82, 2.24) is 19.0 Å². The molecule has 1 aromatic carbocycles. The minimum atomic E-state index is -4.17. The fourth-order valence-corrected chi connectivity index (χ4v) is 6.62. The Hall–Kier alpha value is -1.39. The molecule has 0 radical (unpaired) electrons. The molecule has 1 saturated heterocycles. The van der Waals surface area contributed by atoms with Gasteiger partial charge in [-0.15, -0.1) is 0 Å². The molecule has 1 aliphatic rings. The fourth-order valence-electron chi connectivity index (χ4n) is 4.21. The minimum absolute atomic E-state index is 0.000312. The Bertz CT molecular complexity index is 989. The van der Waals surface area contributed by atoms with E-state index in [0.717, 1.165) is 0 Å². The highest BCUT2D eigenvalue weighted by molar-refractivity contribution is 7.89. The van der Waals surface area contributed by atoms with Gasteiger partial charge in [0.05, 0.1) is 11.6 Å². The van der Waals surface area contributed by atoms with Crippen molar-refractivity contribution >= 4 is 45.5 Å². The summed E-state index contributed by atoms with van der Waals surface area (Å²) >= 11 is 12.3. The summed E-state index contributed by atoms with van der Waals surface area (Å²) in [6.45, 7) is 11.7. The molecule has 0 spiro atoms. The summed E-state index contributed by atoms with van der Waals surface area (Å²) in [5.41, 5.74) is 0. The molecule has 1 heterocycles. The number of likely N-dealkylation sites (N-methyl/N-ethyl adjacent to an activating group) is 1. The average molecular weight is 536 g/mol. The van der Waals surface area contributed by atoms with Crippen molar-refractivity contribution < 1.29 is 18.0 Å². The van der Waals surface area contributed by atoms with Crippen molar-refractivity contribution in [3.63, 3.8) is 0 Å². The number of hydrogen-bond acceptors (Lipinski definition) is 5. The smallest absolute Gasteiger partial charge is 0.246 e. The highest BCUT2D eigenvalue weighted by Crippen LogP contribution is 2.32. The summed E-state index contributed by atoms with van der Waals surface area (Å²) in [7, 11) is -2.24. The highest BCUT2D eigenvalue weighted by Gasteiger charge is 2.46. The summed E-state index contributed by atoms with van der Waals surface area (Å²) in [4.78, 5) is 30.3. The standard InChI is InChI=1S/C23H36Cl2N4O4S/c1-8-20-23(31)27(16(4)5)13-22(28(20)14-30)29(12-17(6)26(7)15(2)3)34(32,33)21-10-9-18(24)11-19(21)25/h9-11,14-17,20,22H,8,12-13H2,1-7H3.